The number of hydrogen-bond acceptors (Lipinski definition) is 6. The third kappa shape index (κ3) is 3.59. The van der Waals surface area contributed by atoms with Gasteiger partial charge in [0.15, 0.2) is 12.4 Å². The molecule has 2 aromatic rings. The number of nitrogens with zero attached hydrogens (tertiary/aromatic N) is 4. The third-order valence-electron chi connectivity index (χ3n) is 2.32. The molecule has 19 heavy (non-hydrogen) atoms. The van der Waals surface area contributed by atoms with E-state index in [9.17, 15) is 4.79 Å². The molecule has 7 nitrogen and oxygen atoms in total. The Labute approximate surface area is 110 Å². The second kappa shape index (κ2) is 6.60. The first-order valence-electron chi connectivity index (χ1n) is 5.87. The molecule has 1 heterocycles. The lowest BCUT2D eigenvalue weighted by molar-refractivity contribution is -0.150. The highest BCUT2D eigenvalue weighted by atomic mass is 16.6. The van der Waals surface area contributed by atoms with Crippen molar-refractivity contribution in [2.24, 2.45) is 0 Å². The van der Waals surface area contributed by atoms with Crippen LogP contribution >= 0.6 is 0 Å². The van der Waals surface area contributed by atoms with Crippen molar-refractivity contribution in [3.8, 4) is 5.69 Å². The number of ether oxygens (including phenoxy) is 2. The van der Waals surface area contributed by atoms with Crippen LogP contribution < -0.4 is 0 Å². The molecule has 0 amide bonds. The maximum absolute atomic E-state index is 11.3. The van der Waals surface area contributed by atoms with Gasteiger partial charge in [-0.25, -0.2) is 4.79 Å². The smallest absolute Gasteiger partial charge is 0.332 e. The number of rotatable bonds is 6. The minimum atomic E-state index is -0.440. The Bertz CT molecular complexity index is 527. The highest BCUT2D eigenvalue weighted by Gasteiger charge is 2.10. The summed E-state index contributed by atoms with van der Waals surface area (Å²) in [6, 6.07) is 9.38. The van der Waals surface area contributed by atoms with E-state index in [-0.39, 0.29) is 13.2 Å². The van der Waals surface area contributed by atoms with Crippen molar-refractivity contribution in [1.82, 2.24) is 20.2 Å². The average Bonchev–Trinajstić information content (AvgIpc) is 2.92. The molecule has 0 aliphatic heterocycles. The number of aromatic nitrogens is 4. The zero-order valence-corrected chi connectivity index (χ0v) is 10.5. The van der Waals surface area contributed by atoms with Crippen molar-refractivity contribution < 1.29 is 14.3 Å². The average molecular weight is 262 g/mol. The molecule has 0 aliphatic rings. The molecule has 1 aromatic heterocycles. The van der Waals surface area contributed by atoms with E-state index in [4.69, 9.17) is 9.47 Å². The fourth-order valence-electron chi connectivity index (χ4n) is 1.44. The molecule has 1 aromatic carbocycles. The number of para-hydroxylation sites is 1. The Morgan fingerprint density at radius 1 is 1.32 bits per heavy atom. The zero-order chi connectivity index (χ0) is 13.5. The van der Waals surface area contributed by atoms with E-state index in [1.54, 1.807) is 0 Å². The molecule has 0 fully saturated rings. The maximum Gasteiger partial charge on any atom is 0.332 e. The van der Waals surface area contributed by atoms with Gasteiger partial charge in [-0.3, -0.25) is 0 Å². The number of benzene rings is 1. The van der Waals surface area contributed by atoms with Gasteiger partial charge in [0.2, 0.25) is 0 Å². The van der Waals surface area contributed by atoms with Crippen LogP contribution in [0.4, 0.5) is 0 Å². The number of esters is 1. The van der Waals surface area contributed by atoms with Crippen molar-refractivity contribution in [3.05, 3.63) is 36.2 Å². The molecular formula is C12H14N4O3. The predicted octanol–water partition coefficient (Wildman–Crippen LogP) is 0.742. The van der Waals surface area contributed by atoms with Crippen LogP contribution in [0.5, 0.6) is 0 Å². The predicted molar refractivity (Wildman–Crippen MR) is 65.4 cm³/mol. The van der Waals surface area contributed by atoms with Crippen LogP contribution in [0.15, 0.2) is 30.3 Å². The summed E-state index contributed by atoms with van der Waals surface area (Å²) >= 11 is 0. The summed E-state index contributed by atoms with van der Waals surface area (Å²) in [6.45, 7) is 2.22. The number of tetrazole rings is 1. The lowest BCUT2D eigenvalue weighted by Gasteiger charge is -2.05. The summed E-state index contributed by atoms with van der Waals surface area (Å²) < 4.78 is 11.5. The van der Waals surface area contributed by atoms with Crippen LogP contribution in [0.3, 0.4) is 0 Å². The van der Waals surface area contributed by atoms with Crippen molar-refractivity contribution in [3.63, 3.8) is 0 Å². The second-order valence-corrected chi connectivity index (χ2v) is 3.64. The molecular weight excluding hydrogens is 248 g/mol. The van der Waals surface area contributed by atoms with Gasteiger partial charge in [0.25, 0.3) is 0 Å². The quantitative estimate of drug-likeness (QED) is 0.714. The Hall–Kier alpha value is -2.28. The number of carbonyl (C=O) groups excluding carboxylic acids is 1. The summed E-state index contributed by atoms with van der Waals surface area (Å²) in [7, 11) is 0. The molecule has 0 saturated heterocycles. The SMILES string of the molecule is CCOCC(=O)OCc1nnnn1-c1ccccc1. The first-order valence-corrected chi connectivity index (χ1v) is 5.87. The zero-order valence-electron chi connectivity index (χ0n) is 10.5. The van der Waals surface area contributed by atoms with E-state index in [0.29, 0.717) is 12.4 Å². The molecule has 2 rings (SSSR count). The van der Waals surface area contributed by atoms with Gasteiger partial charge >= 0.3 is 5.97 Å². The summed E-state index contributed by atoms with van der Waals surface area (Å²) in [5.41, 5.74) is 0.809. The summed E-state index contributed by atoms with van der Waals surface area (Å²) in [4.78, 5) is 11.3. The van der Waals surface area contributed by atoms with Crippen LogP contribution in [0, 0.1) is 0 Å². The molecule has 0 aliphatic carbocycles. The molecule has 0 radical (unpaired) electrons. The van der Waals surface area contributed by atoms with Crippen LogP contribution in [0.2, 0.25) is 0 Å². The summed E-state index contributed by atoms with van der Waals surface area (Å²) in [5, 5.41) is 11.3. The lowest BCUT2D eigenvalue weighted by Crippen LogP contribution is -2.14. The highest BCUT2D eigenvalue weighted by molar-refractivity contribution is 5.70. The van der Waals surface area contributed by atoms with Gasteiger partial charge in [0, 0.05) is 6.61 Å². The molecule has 0 atom stereocenters. The molecule has 0 saturated carbocycles. The second-order valence-electron chi connectivity index (χ2n) is 3.64. The van der Waals surface area contributed by atoms with Gasteiger partial charge in [-0.1, -0.05) is 18.2 Å². The van der Waals surface area contributed by atoms with Crippen LogP contribution in [-0.4, -0.2) is 39.4 Å². The normalized spacial score (nSPS) is 10.4. The molecule has 0 spiro atoms. The van der Waals surface area contributed by atoms with Gasteiger partial charge < -0.3 is 9.47 Å². The molecule has 100 valence electrons. The Morgan fingerprint density at radius 2 is 2.11 bits per heavy atom. The van der Waals surface area contributed by atoms with Crippen LogP contribution in [0.25, 0.3) is 5.69 Å². The van der Waals surface area contributed by atoms with Crippen molar-refractivity contribution in [1.29, 1.82) is 0 Å². The van der Waals surface area contributed by atoms with Crippen LogP contribution in [0.1, 0.15) is 12.7 Å². The monoisotopic (exact) mass is 262 g/mol. The van der Waals surface area contributed by atoms with E-state index < -0.39 is 5.97 Å². The van der Waals surface area contributed by atoms with Gasteiger partial charge in [-0.15, -0.1) is 5.10 Å². The molecule has 0 bridgehead atoms. The topological polar surface area (TPSA) is 79.1 Å². The van der Waals surface area contributed by atoms with Crippen molar-refractivity contribution in [2.45, 2.75) is 13.5 Å². The van der Waals surface area contributed by atoms with E-state index in [1.165, 1.54) is 4.68 Å². The van der Waals surface area contributed by atoms with Gasteiger partial charge in [-0.2, -0.15) is 4.68 Å². The van der Waals surface area contributed by atoms with Gasteiger partial charge in [0.05, 0.1) is 5.69 Å². The summed E-state index contributed by atoms with van der Waals surface area (Å²) in [5.74, 6) is 0.0144. The fraction of sp³-hybridized carbons (Fsp3) is 0.333. The van der Waals surface area contributed by atoms with Crippen LogP contribution in [-0.2, 0) is 20.9 Å². The largest absolute Gasteiger partial charge is 0.456 e. The van der Waals surface area contributed by atoms with E-state index in [2.05, 4.69) is 15.5 Å². The number of hydrogen-bond donors (Lipinski definition) is 0. The Morgan fingerprint density at radius 3 is 2.84 bits per heavy atom. The lowest BCUT2D eigenvalue weighted by atomic mass is 10.3. The van der Waals surface area contributed by atoms with E-state index >= 15 is 0 Å². The minimum Gasteiger partial charge on any atom is -0.456 e. The van der Waals surface area contributed by atoms with Crippen molar-refractivity contribution in [2.75, 3.05) is 13.2 Å². The Balaban J connectivity index is 1.99. The summed E-state index contributed by atoms with van der Waals surface area (Å²) in [6.07, 6.45) is 0. The first-order chi connectivity index (χ1) is 9.31. The molecule has 7 heteroatoms. The first kappa shape index (κ1) is 13.2. The molecule has 0 unspecified atom stereocenters. The van der Waals surface area contributed by atoms with Crippen molar-refractivity contribution >= 4 is 5.97 Å². The maximum atomic E-state index is 11.3. The Kier molecular flexibility index (Phi) is 4.57. The van der Waals surface area contributed by atoms with E-state index in [1.807, 2.05) is 37.3 Å². The highest BCUT2D eigenvalue weighted by Crippen LogP contribution is 2.07. The standard InChI is InChI=1S/C12H14N4O3/c1-2-18-9-12(17)19-8-11-13-14-15-16(11)10-6-4-3-5-7-10/h3-7H,2,8-9H2,1H3. The fourth-order valence-corrected chi connectivity index (χ4v) is 1.44. The van der Waals surface area contributed by atoms with Gasteiger partial charge in [0.1, 0.15) is 6.61 Å². The minimum absolute atomic E-state index is 0.00774. The molecule has 0 N–H and O–H groups in total. The van der Waals surface area contributed by atoms with Gasteiger partial charge in [-0.05, 0) is 29.5 Å². The third-order valence-corrected chi connectivity index (χ3v) is 2.32. The van der Waals surface area contributed by atoms with E-state index in [0.717, 1.165) is 5.69 Å². The number of carbonyl (C=O) groups is 1.